The Balaban J connectivity index is 1.71. The van der Waals surface area contributed by atoms with Crippen molar-refractivity contribution in [3.05, 3.63) is 52.3 Å². The highest BCUT2D eigenvalue weighted by molar-refractivity contribution is 6.33. The van der Waals surface area contributed by atoms with E-state index in [0.717, 1.165) is 35.5 Å². The zero-order valence-corrected chi connectivity index (χ0v) is 21.0. The first-order valence-corrected chi connectivity index (χ1v) is 12.1. The van der Waals surface area contributed by atoms with Crippen LogP contribution >= 0.6 is 11.6 Å². The average Bonchev–Trinajstić information content (AvgIpc) is 3.04. The van der Waals surface area contributed by atoms with E-state index in [0.29, 0.717) is 23.6 Å². The second kappa shape index (κ2) is 9.55. The molecule has 8 heteroatoms. The van der Waals surface area contributed by atoms with Gasteiger partial charge in [0.25, 0.3) is 5.79 Å². The lowest BCUT2D eigenvalue weighted by atomic mass is 9.90. The maximum atomic E-state index is 12.4. The zero-order chi connectivity index (χ0) is 24.5. The summed E-state index contributed by atoms with van der Waals surface area (Å²) in [6, 6.07) is 7.64. The number of carbonyl (C=O) groups is 2. The van der Waals surface area contributed by atoms with Gasteiger partial charge < -0.3 is 19.7 Å². The SMILES string of the molecule is CN(c1ccc(CCC(C)(C)C)nc1)c1c(Cl)ccc2c1CCNCC21OC(=O)CCC(=O)O1. The molecule has 2 aromatic rings. The van der Waals surface area contributed by atoms with Gasteiger partial charge in [0.15, 0.2) is 0 Å². The quantitative estimate of drug-likeness (QED) is 0.631. The molecule has 0 amide bonds. The summed E-state index contributed by atoms with van der Waals surface area (Å²) in [5.41, 5.74) is 4.48. The first kappa shape index (κ1) is 24.5. The molecule has 0 atom stereocenters. The van der Waals surface area contributed by atoms with E-state index < -0.39 is 17.7 Å². The molecule has 1 aromatic heterocycles. The number of rotatable bonds is 4. The molecule has 2 aliphatic rings. The first-order chi connectivity index (χ1) is 16.1. The summed E-state index contributed by atoms with van der Waals surface area (Å²) < 4.78 is 11.5. The van der Waals surface area contributed by atoms with Gasteiger partial charge in [0.05, 0.1) is 42.0 Å². The highest BCUT2D eigenvalue weighted by atomic mass is 35.5. The van der Waals surface area contributed by atoms with Crippen LogP contribution < -0.4 is 10.2 Å². The number of nitrogens with zero attached hydrogens (tertiary/aromatic N) is 2. The standard InChI is InChI=1S/C26H32ClN3O4/c1-25(2,3)13-11-17-5-6-18(15-29-17)30(4)24-19-12-14-28-16-26(20(19)7-8-21(24)27)33-22(31)9-10-23(32)34-26/h5-8,15,28H,9-14,16H2,1-4H3. The number of benzene rings is 1. The van der Waals surface area contributed by atoms with Crippen molar-refractivity contribution < 1.29 is 19.1 Å². The molecule has 0 aliphatic carbocycles. The topological polar surface area (TPSA) is 80.8 Å². The normalized spacial score (nSPS) is 17.9. The van der Waals surface area contributed by atoms with Crippen LogP contribution in [0.3, 0.4) is 0 Å². The highest BCUT2D eigenvalue weighted by Gasteiger charge is 2.46. The smallest absolute Gasteiger partial charge is 0.309 e. The van der Waals surface area contributed by atoms with E-state index >= 15 is 0 Å². The molecule has 7 nitrogen and oxygen atoms in total. The van der Waals surface area contributed by atoms with E-state index in [1.807, 2.05) is 30.3 Å². The Hall–Kier alpha value is -2.64. The van der Waals surface area contributed by atoms with Gasteiger partial charge in [0, 0.05) is 18.3 Å². The Morgan fingerprint density at radius 3 is 2.41 bits per heavy atom. The van der Waals surface area contributed by atoms with Crippen molar-refractivity contribution in [1.82, 2.24) is 10.3 Å². The molecule has 2 aliphatic heterocycles. The number of anilines is 2. The van der Waals surface area contributed by atoms with Crippen LogP contribution in [0, 0.1) is 5.41 Å². The van der Waals surface area contributed by atoms with Gasteiger partial charge in [0.2, 0.25) is 0 Å². The molecule has 0 unspecified atom stereocenters. The molecule has 4 rings (SSSR count). The Morgan fingerprint density at radius 2 is 1.79 bits per heavy atom. The summed E-state index contributed by atoms with van der Waals surface area (Å²) in [4.78, 5) is 31.4. The second-order valence-corrected chi connectivity index (χ2v) is 10.6. The second-order valence-electron chi connectivity index (χ2n) is 10.2. The van der Waals surface area contributed by atoms with E-state index in [-0.39, 0.29) is 24.8 Å². The molecule has 0 saturated carbocycles. The minimum Gasteiger partial charge on any atom is -0.416 e. The van der Waals surface area contributed by atoms with Crippen LogP contribution in [0.25, 0.3) is 0 Å². The largest absolute Gasteiger partial charge is 0.416 e. The summed E-state index contributed by atoms with van der Waals surface area (Å²) in [5.74, 6) is -2.42. The monoisotopic (exact) mass is 485 g/mol. The number of fused-ring (bicyclic) bond motifs is 2. The number of esters is 2. The summed E-state index contributed by atoms with van der Waals surface area (Å²) in [6.45, 7) is 7.48. The Morgan fingerprint density at radius 1 is 1.09 bits per heavy atom. The molecule has 1 spiro atoms. The zero-order valence-electron chi connectivity index (χ0n) is 20.2. The summed E-state index contributed by atoms with van der Waals surface area (Å²) in [7, 11) is 1.93. The van der Waals surface area contributed by atoms with Gasteiger partial charge in [-0.3, -0.25) is 14.6 Å². The first-order valence-electron chi connectivity index (χ1n) is 11.7. The van der Waals surface area contributed by atoms with Crippen LogP contribution in [0.5, 0.6) is 0 Å². The predicted molar refractivity (Wildman–Crippen MR) is 131 cm³/mol. The van der Waals surface area contributed by atoms with Gasteiger partial charge in [-0.05, 0) is 61.1 Å². The Kier molecular flexibility index (Phi) is 6.87. The number of aryl methyl sites for hydroxylation is 1. The average molecular weight is 486 g/mol. The molecular weight excluding hydrogens is 454 g/mol. The number of pyridine rings is 1. The lowest BCUT2D eigenvalue weighted by Gasteiger charge is -2.33. The van der Waals surface area contributed by atoms with Crippen molar-refractivity contribution in [3.63, 3.8) is 0 Å². The molecule has 3 heterocycles. The molecule has 0 radical (unpaired) electrons. The predicted octanol–water partition coefficient (Wildman–Crippen LogP) is 4.66. The van der Waals surface area contributed by atoms with Crippen LogP contribution in [-0.2, 0) is 37.7 Å². The molecule has 34 heavy (non-hydrogen) atoms. The molecule has 0 bridgehead atoms. The van der Waals surface area contributed by atoms with Crippen molar-refractivity contribution >= 4 is 34.9 Å². The van der Waals surface area contributed by atoms with Crippen LogP contribution in [0.1, 0.15) is 56.9 Å². The summed E-state index contributed by atoms with van der Waals surface area (Å²) in [6.07, 6.45) is 4.46. The van der Waals surface area contributed by atoms with Crippen molar-refractivity contribution in [2.75, 3.05) is 25.0 Å². The number of halogens is 1. The third kappa shape index (κ3) is 5.20. The van der Waals surface area contributed by atoms with Crippen LogP contribution in [0.4, 0.5) is 11.4 Å². The molecule has 1 N–H and O–H groups in total. The molecule has 1 fully saturated rings. The summed E-state index contributed by atoms with van der Waals surface area (Å²) in [5, 5.41) is 3.81. The van der Waals surface area contributed by atoms with Gasteiger partial charge in [0.1, 0.15) is 0 Å². The fourth-order valence-corrected chi connectivity index (χ4v) is 4.72. The number of carbonyl (C=O) groups excluding carboxylic acids is 2. The van der Waals surface area contributed by atoms with Crippen molar-refractivity contribution in [2.45, 2.75) is 58.7 Å². The van der Waals surface area contributed by atoms with Crippen molar-refractivity contribution in [1.29, 1.82) is 0 Å². The summed E-state index contributed by atoms with van der Waals surface area (Å²) >= 11 is 6.71. The number of nitrogens with one attached hydrogen (secondary N) is 1. The van der Waals surface area contributed by atoms with Crippen molar-refractivity contribution in [2.24, 2.45) is 5.41 Å². The van der Waals surface area contributed by atoms with E-state index in [4.69, 9.17) is 21.1 Å². The van der Waals surface area contributed by atoms with Gasteiger partial charge in [-0.25, -0.2) is 0 Å². The molecule has 1 aromatic carbocycles. The van der Waals surface area contributed by atoms with E-state index in [1.54, 1.807) is 12.1 Å². The fraction of sp³-hybridized carbons (Fsp3) is 0.500. The minimum atomic E-state index is -1.51. The molecular formula is C26H32ClN3O4. The van der Waals surface area contributed by atoms with Gasteiger partial charge >= 0.3 is 11.9 Å². The Bertz CT molecular complexity index is 1060. The van der Waals surface area contributed by atoms with Crippen LogP contribution in [0.15, 0.2) is 30.5 Å². The van der Waals surface area contributed by atoms with E-state index in [1.165, 1.54) is 0 Å². The maximum absolute atomic E-state index is 12.4. The number of aromatic nitrogens is 1. The van der Waals surface area contributed by atoms with Crippen molar-refractivity contribution in [3.8, 4) is 0 Å². The molecule has 1 saturated heterocycles. The maximum Gasteiger partial charge on any atom is 0.309 e. The lowest BCUT2D eigenvalue weighted by molar-refractivity contribution is -0.225. The minimum absolute atomic E-state index is 0.00347. The Labute approximate surface area is 205 Å². The van der Waals surface area contributed by atoms with Crippen LogP contribution in [0.2, 0.25) is 5.02 Å². The van der Waals surface area contributed by atoms with Gasteiger partial charge in [-0.2, -0.15) is 0 Å². The lowest BCUT2D eigenvalue weighted by Crippen LogP contribution is -2.43. The molecule has 182 valence electrons. The van der Waals surface area contributed by atoms with E-state index in [9.17, 15) is 9.59 Å². The highest BCUT2D eigenvalue weighted by Crippen LogP contribution is 2.43. The third-order valence-electron chi connectivity index (χ3n) is 6.31. The van der Waals surface area contributed by atoms with Gasteiger partial charge in [-0.15, -0.1) is 0 Å². The number of ether oxygens (including phenoxy) is 2. The van der Waals surface area contributed by atoms with E-state index in [2.05, 4.69) is 31.1 Å². The fourth-order valence-electron chi connectivity index (χ4n) is 4.41. The third-order valence-corrected chi connectivity index (χ3v) is 6.61. The number of hydrogen-bond donors (Lipinski definition) is 1. The van der Waals surface area contributed by atoms with Crippen LogP contribution in [-0.4, -0.2) is 37.1 Å². The number of hydrogen-bond acceptors (Lipinski definition) is 7. The van der Waals surface area contributed by atoms with Gasteiger partial charge in [-0.1, -0.05) is 32.4 Å².